The van der Waals surface area contributed by atoms with Crippen LogP contribution < -0.4 is 15.4 Å². The fraction of sp³-hybridized carbons (Fsp3) is 0.250. The molecule has 0 bridgehead atoms. The minimum Gasteiger partial charge on any atom is -0.454 e. The van der Waals surface area contributed by atoms with Crippen LogP contribution in [0.2, 0.25) is 5.02 Å². The number of nitrogens with two attached hydrogens (primary N) is 1. The Morgan fingerprint density at radius 2 is 2.36 bits per heavy atom. The number of halogens is 2. The molecule has 0 saturated heterocycles. The third-order valence-corrected chi connectivity index (χ3v) is 2.20. The normalized spacial score (nSPS) is 13.4. The van der Waals surface area contributed by atoms with Crippen molar-refractivity contribution in [2.45, 2.75) is 6.61 Å². The zero-order valence-corrected chi connectivity index (χ0v) is 7.81. The molecule has 1 aromatic rings. The molecule has 0 unspecified atom stereocenters. The fourth-order valence-electron chi connectivity index (χ4n) is 1.22. The lowest BCUT2D eigenvalue weighted by atomic mass is 10.2. The van der Waals surface area contributed by atoms with Crippen LogP contribution in [-0.4, -0.2) is 6.79 Å². The molecule has 14 heavy (non-hydrogen) atoms. The van der Waals surface area contributed by atoms with E-state index in [1.54, 1.807) is 0 Å². The summed E-state index contributed by atoms with van der Waals surface area (Å²) in [7, 11) is 0. The van der Waals surface area contributed by atoms with Gasteiger partial charge in [-0.1, -0.05) is 11.6 Å². The van der Waals surface area contributed by atoms with Crippen LogP contribution in [0.1, 0.15) is 5.56 Å². The summed E-state index contributed by atoms with van der Waals surface area (Å²) in [6.45, 7) is -0.0242. The number of ether oxygens (including phenoxy) is 2. The van der Waals surface area contributed by atoms with E-state index in [4.69, 9.17) is 27.0 Å². The molecule has 2 N–H and O–H groups in total. The van der Waals surface area contributed by atoms with Gasteiger partial charge in [0.1, 0.15) is 5.02 Å². The van der Waals surface area contributed by atoms with Gasteiger partial charge in [0, 0.05) is 5.56 Å². The second-order valence-corrected chi connectivity index (χ2v) is 3.09. The first-order valence-corrected chi connectivity index (χ1v) is 4.20. The number of fused-ring (bicyclic) bond motifs is 1. The van der Waals surface area contributed by atoms with Crippen LogP contribution in [0.15, 0.2) is 6.07 Å². The number of benzene rings is 1. The van der Waals surface area contributed by atoms with Gasteiger partial charge in [-0.3, -0.25) is 4.84 Å². The Morgan fingerprint density at radius 1 is 1.57 bits per heavy atom. The molecule has 1 aliphatic rings. The van der Waals surface area contributed by atoms with Crippen molar-refractivity contribution in [2.24, 2.45) is 5.90 Å². The van der Waals surface area contributed by atoms with E-state index in [1.807, 2.05) is 0 Å². The first kappa shape index (κ1) is 9.51. The van der Waals surface area contributed by atoms with E-state index in [2.05, 4.69) is 4.84 Å². The van der Waals surface area contributed by atoms with Crippen molar-refractivity contribution in [1.82, 2.24) is 0 Å². The van der Waals surface area contributed by atoms with E-state index in [0.29, 0.717) is 5.75 Å². The quantitative estimate of drug-likeness (QED) is 0.768. The Morgan fingerprint density at radius 3 is 3.07 bits per heavy atom. The molecular formula is C8H7ClFNO3. The van der Waals surface area contributed by atoms with E-state index in [1.165, 1.54) is 6.07 Å². The van der Waals surface area contributed by atoms with Crippen molar-refractivity contribution in [3.05, 3.63) is 22.5 Å². The van der Waals surface area contributed by atoms with Gasteiger partial charge in [-0.25, -0.2) is 10.3 Å². The van der Waals surface area contributed by atoms with E-state index < -0.39 is 5.82 Å². The Balaban J connectivity index is 2.49. The molecule has 0 radical (unpaired) electrons. The minimum atomic E-state index is -0.596. The van der Waals surface area contributed by atoms with Crippen LogP contribution >= 0.6 is 11.6 Å². The van der Waals surface area contributed by atoms with Crippen molar-refractivity contribution in [1.29, 1.82) is 0 Å². The number of hydrogen-bond acceptors (Lipinski definition) is 4. The SMILES string of the molecule is NOCc1cc2c(c(Cl)c1F)OCO2. The van der Waals surface area contributed by atoms with E-state index in [-0.39, 0.29) is 29.7 Å². The van der Waals surface area contributed by atoms with Gasteiger partial charge in [0.15, 0.2) is 17.3 Å². The summed E-state index contributed by atoms with van der Waals surface area (Å²) >= 11 is 5.70. The molecule has 0 saturated carbocycles. The molecule has 0 atom stereocenters. The van der Waals surface area contributed by atoms with E-state index >= 15 is 0 Å². The van der Waals surface area contributed by atoms with Gasteiger partial charge >= 0.3 is 0 Å². The monoisotopic (exact) mass is 219 g/mol. The molecule has 2 rings (SSSR count). The molecule has 0 spiro atoms. The highest BCUT2D eigenvalue weighted by molar-refractivity contribution is 6.32. The third kappa shape index (κ3) is 1.39. The van der Waals surface area contributed by atoms with Crippen LogP contribution in [0.5, 0.6) is 11.5 Å². The van der Waals surface area contributed by atoms with Crippen LogP contribution in [0.4, 0.5) is 4.39 Å². The second-order valence-electron chi connectivity index (χ2n) is 2.71. The molecule has 0 aromatic heterocycles. The lowest BCUT2D eigenvalue weighted by Gasteiger charge is -2.05. The Kier molecular flexibility index (Phi) is 2.45. The van der Waals surface area contributed by atoms with E-state index in [0.717, 1.165) is 0 Å². The van der Waals surface area contributed by atoms with Crippen LogP contribution in [0.25, 0.3) is 0 Å². The van der Waals surface area contributed by atoms with Gasteiger partial charge in [-0.2, -0.15) is 0 Å². The standard InChI is InChI=1S/C8H7ClFNO3/c9-6-7(10)4(2-14-11)1-5-8(6)13-3-12-5/h1H,2-3,11H2. The molecule has 0 fully saturated rings. The summed E-state index contributed by atoms with van der Waals surface area (Å²) in [6, 6.07) is 1.45. The average molecular weight is 220 g/mol. The number of hydrogen-bond donors (Lipinski definition) is 1. The zero-order chi connectivity index (χ0) is 10.1. The fourth-order valence-corrected chi connectivity index (χ4v) is 1.49. The average Bonchev–Trinajstić information content (AvgIpc) is 2.62. The summed E-state index contributed by atoms with van der Waals surface area (Å²) in [6.07, 6.45) is 0. The molecule has 1 heterocycles. The van der Waals surface area contributed by atoms with Gasteiger partial charge in [0.05, 0.1) is 6.61 Å². The van der Waals surface area contributed by atoms with Crippen molar-refractivity contribution in [2.75, 3.05) is 6.79 Å². The highest BCUT2D eigenvalue weighted by Gasteiger charge is 2.23. The van der Waals surface area contributed by atoms with Crippen LogP contribution in [0.3, 0.4) is 0 Å². The van der Waals surface area contributed by atoms with E-state index in [9.17, 15) is 4.39 Å². The van der Waals surface area contributed by atoms with Gasteiger partial charge in [0.25, 0.3) is 0 Å². The molecular weight excluding hydrogens is 213 g/mol. The molecule has 1 aromatic carbocycles. The molecule has 4 nitrogen and oxygen atoms in total. The summed E-state index contributed by atoms with van der Waals surface area (Å²) in [5.41, 5.74) is 0.238. The summed E-state index contributed by atoms with van der Waals surface area (Å²) in [4.78, 5) is 4.33. The third-order valence-electron chi connectivity index (χ3n) is 1.86. The van der Waals surface area contributed by atoms with Gasteiger partial charge in [0.2, 0.25) is 6.79 Å². The van der Waals surface area contributed by atoms with Crippen molar-refractivity contribution in [3.63, 3.8) is 0 Å². The van der Waals surface area contributed by atoms with Crippen molar-refractivity contribution < 1.29 is 18.7 Å². The maximum Gasteiger partial charge on any atom is 0.231 e. The summed E-state index contributed by atoms with van der Waals surface area (Å²) in [5.74, 6) is 4.88. The van der Waals surface area contributed by atoms with Gasteiger partial charge < -0.3 is 9.47 Å². The summed E-state index contributed by atoms with van der Waals surface area (Å²) < 4.78 is 23.5. The molecule has 1 aliphatic heterocycles. The Labute approximate surface area is 84.3 Å². The van der Waals surface area contributed by atoms with Crippen LogP contribution in [0, 0.1) is 5.82 Å². The number of rotatable bonds is 2. The Bertz CT molecular complexity index is 372. The van der Waals surface area contributed by atoms with Crippen LogP contribution in [-0.2, 0) is 11.4 Å². The highest BCUT2D eigenvalue weighted by atomic mass is 35.5. The zero-order valence-electron chi connectivity index (χ0n) is 7.05. The first-order valence-electron chi connectivity index (χ1n) is 3.82. The second kappa shape index (κ2) is 3.61. The first-order chi connectivity index (χ1) is 6.74. The minimum absolute atomic E-state index is 0.0431. The lowest BCUT2D eigenvalue weighted by molar-refractivity contribution is 0.121. The Hall–Kier alpha value is -1.04. The highest BCUT2D eigenvalue weighted by Crippen LogP contribution is 2.41. The maximum atomic E-state index is 13.4. The molecule has 6 heteroatoms. The smallest absolute Gasteiger partial charge is 0.231 e. The predicted molar refractivity (Wildman–Crippen MR) is 46.5 cm³/mol. The molecule has 0 amide bonds. The molecule has 0 aliphatic carbocycles. The molecule has 76 valence electrons. The van der Waals surface area contributed by atoms with Crippen molar-refractivity contribution in [3.8, 4) is 11.5 Å². The van der Waals surface area contributed by atoms with Gasteiger partial charge in [-0.05, 0) is 6.07 Å². The topological polar surface area (TPSA) is 53.7 Å². The van der Waals surface area contributed by atoms with Gasteiger partial charge in [-0.15, -0.1) is 0 Å². The lowest BCUT2D eigenvalue weighted by Crippen LogP contribution is -2.01. The van der Waals surface area contributed by atoms with Crippen molar-refractivity contribution >= 4 is 11.6 Å². The summed E-state index contributed by atoms with van der Waals surface area (Å²) in [5, 5.41) is -0.105. The largest absolute Gasteiger partial charge is 0.454 e. The maximum absolute atomic E-state index is 13.4. The predicted octanol–water partition coefficient (Wildman–Crippen LogP) is 1.60.